The molecular formula is C25H32N4O3. The number of rotatable bonds is 7. The first-order valence-corrected chi connectivity index (χ1v) is 11.5. The van der Waals surface area contributed by atoms with Gasteiger partial charge in [0.05, 0.1) is 0 Å². The van der Waals surface area contributed by atoms with Crippen LogP contribution < -0.4 is 15.0 Å². The minimum atomic E-state index is -0.788. The molecule has 1 aromatic carbocycles. The molecule has 2 aromatic rings. The number of fused-ring (bicyclic) bond motifs is 1. The number of amides is 2. The Kier molecular flexibility index (Phi) is 7.05. The van der Waals surface area contributed by atoms with Crippen molar-refractivity contribution in [2.45, 2.75) is 32.8 Å². The van der Waals surface area contributed by atoms with Crippen molar-refractivity contribution in [3.63, 3.8) is 0 Å². The number of hydrogen-bond acceptors (Lipinski definition) is 5. The highest BCUT2D eigenvalue weighted by Crippen LogP contribution is 2.36. The number of ether oxygens (including phenoxy) is 1. The third kappa shape index (κ3) is 5.27. The smallest absolute Gasteiger partial charge is 0.274 e. The van der Waals surface area contributed by atoms with Gasteiger partial charge in [-0.05, 0) is 43.4 Å². The lowest BCUT2D eigenvalue weighted by Crippen LogP contribution is -2.47. The summed E-state index contributed by atoms with van der Waals surface area (Å²) in [7, 11) is 0. The molecule has 7 nitrogen and oxygen atoms in total. The van der Waals surface area contributed by atoms with Crippen LogP contribution in [0.3, 0.4) is 0 Å². The predicted molar refractivity (Wildman–Crippen MR) is 123 cm³/mol. The van der Waals surface area contributed by atoms with Gasteiger partial charge in [-0.15, -0.1) is 0 Å². The first-order valence-electron chi connectivity index (χ1n) is 11.5. The van der Waals surface area contributed by atoms with Crippen LogP contribution in [0.2, 0.25) is 0 Å². The van der Waals surface area contributed by atoms with Crippen LogP contribution in [-0.2, 0) is 9.59 Å². The van der Waals surface area contributed by atoms with E-state index in [1.165, 1.54) is 11.3 Å². The molecule has 2 aliphatic heterocycles. The van der Waals surface area contributed by atoms with E-state index >= 15 is 0 Å². The van der Waals surface area contributed by atoms with Crippen LogP contribution in [0.15, 0.2) is 48.7 Å². The fourth-order valence-corrected chi connectivity index (χ4v) is 4.80. The molecule has 0 bridgehead atoms. The van der Waals surface area contributed by atoms with E-state index in [0.717, 1.165) is 43.5 Å². The topological polar surface area (TPSA) is 74.8 Å². The summed E-state index contributed by atoms with van der Waals surface area (Å²) in [6.07, 6.45) is 3.00. The Labute approximate surface area is 189 Å². The van der Waals surface area contributed by atoms with Gasteiger partial charge in [-0.25, -0.2) is 4.98 Å². The predicted octanol–water partition coefficient (Wildman–Crippen LogP) is 3.03. The number of piperidine rings is 1. The Morgan fingerprint density at radius 1 is 1.12 bits per heavy atom. The first-order chi connectivity index (χ1) is 15.5. The van der Waals surface area contributed by atoms with E-state index in [2.05, 4.69) is 29.0 Å². The molecule has 3 heterocycles. The standard InChI is InChI=1S/C25H32N4O3/c1-18-14-19(2)16-28(15-18)13-7-12-26-22(30)17-29-24-21(10-6-11-27-24)32-23(25(29)31)20-8-4-3-5-9-20/h3-6,8-11,18-19,23H,7,12-17H2,1-2H3,(H,26,30)/t18-,19-,23+/m1/s1. The van der Waals surface area contributed by atoms with Crippen molar-refractivity contribution in [3.05, 3.63) is 54.2 Å². The highest BCUT2D eigenvalue weighted by molar-refractivity contribution is 6.03. The Balaban J connectivity index is 1.34. The monoisotopic (exact) mass is 436 g/mol. The number of carbonyl (C=O) groups is 2. The number of aromatic nitrogens is 1. The third-order valence-electron chi connectivity index (χ3n) is 6.06. The third-order valence-corrected chi connectivity index (χ3v) is 6.06. The zero-order chi connectivity index (χ0) is 22.5. The van der Waals surface area contributed by atoms with Gasteiger partial charge in [0.25, 0.3) is 5.91 Å². The number of nitrogens with one attached hydrogen (secondary N) is 1. The zero-order valence-corrected chi connectivity index (χ0v) is 18.9. The van der Waals surface area contributed by atoms with E-state index in [4.69, 9.17) is 4.74 Å². The second kappa shape index (κ2) is 10.1. The summed E-state index contributed by atoms with van der Waals surface area (Å²) in [6, 6.07) is 12.9. The van der Waals surface area contributed by atoms with E-state index in [1.54, 1.807) is 18.3 Å². The summed E-state index contributed by atoms with van der Waals surface area (Å²) in [6.45, 7) is 8.36. The van der Waals surface area contributed by atoms with E-state index in [-0.39, 0.29) is 18.4 Å². The zero-order valence-electron chi connectivity index (χ0n) is 18.9. The summed E-state index contributed by atoms with van der Waals surface area (Å²) in [5.41, 5.74) is 0.752. The quantitative estimate of drug-likeness (QED) is 0.676. The Morgan fingerprint density at radius 2 is 1.88 bits per heavy atom. The van der Waals surface area contributed by atoms with E-state index in [9.17, 15) is 9.59 Å². The molecule has 2 aliphatic rings. The first kappa shape index (κ1) is 22.3. The van der Waals surface area contributed by atoms with Gasteiger partial charge in [-0.2, -0.15) is 0 Å². The highest BCUT2D eigenvalue weighted by atomic mass is 16.5. The maximum Gasteiger partial charge on any atom is 0.274 e. The molecule has 3 atom stereocenters. The molecule has 0 spiro atoms. The Hall–Kier alpha value is -2.93. The van der Waals surface area contributed by atoms with Gasteiger partial charge < -0.3 is 15.0 Å². The maximum atomic E-state index is 13.2. The van der Waals surface area contributed by atoms with Crippen LogP contribution in [0.4, 0.5) is 5.82 Å². The van der Waals surface area contributed by atoms with Crippen molar-refractivity contribution in [3.8, 4) is 5.75 Å². The molecule has 0 saturated carbocycles. The van der Waals surface area contributed by atoms with Crippen LogP contribution in [0.25, 0.3) is 0 Å². The number of likely N-dealkylation sites (tertiary alicyclic amines) is 1. The van der Waals surface area contributed by atoms with E-state index < -0.39 is 6.10 Å². The highest BCUT2D eigenvalue weighted by Gasteiger charge is 2.37. The average Bonchev–Trinajstić information content (AvgIpc) is 2.78. The molecule has 1 aromatic heterocycles. The minimum absolute atomic E-state index is 0.0761. The lowest BCUT2D eigenvalue weighted by molar-refractivity contribution is -0.129. The number of pyridine rings is 1. The molecule has 170 valence electrons. The van der Waals surface area contributed by atoms with Gasteiger partial charge in [0, 0.05) is 31.4 Å². The molecule has 1 saturated heterocycles. The summed E-state index contributed by atoms with van der Waals surface area (Å²) in [5.74, 6) is 1.87. The van der Waals surface area contributed by atoms with Gasteiger partial charge in [0.2, 0.25) is 12.0 Å². The number of nitrogens with zero attached hydrogens (tertiary/aromatic N) is 3. The van der Waals surface area contributed by atoms with E-state index in [1.807, 2.05) is 30.3 Å². The largest absolute Gasteiger partial charge is 0.472 e. The summed E-state index contributed by atoms with van der Waals surface area (Å²) in [4.78, 5) is 34.1. The van der Waals surface area contributed by atoms with Crippen molar-refractivity contribution in [2.24, 2.45) is 11.8 Å². The van der Waals surface area contributed by atoms with Crippen molar-refractivity contribution in [1.82, 2.24) is 15.2 Å². The van der Waals surface area contributed by atoms with Gasteiger partial charge in [-0.3, -0.25) is 14.5 Å². The molecular weight excluding hydrogens is 404 g/mol. The van der Waals surface area contributed by atoms with Crippen molar-refractivity contribution in [1.29, 1.82) is 0 Å². The molecule has 0 aliphatic carbocycles. The molecule has 0 unspecified atom stereocenters. The molecule has 4 rings (SSSR count). The van der Waals surface area contributed by atoms with Gasteiger partial charge in [-0.1, -0.05) is 44.2 Å². The fourth-order valence-electron chi connectivity index (χ4n) is 4.80. The number of benzene rings is 1. The Morgan fingerprint density at radius 3 is 2.62 bits per heavy atom. The van der Waals surface area contributed by atoms with Crippen LogP contribution in [-0.4, -0.2) is 54.4 Å². The summed E-state index contributed by atoms with van der Waals surface area (Å²) in [5, 5.41) is 2.97. The van der Waals surface area contributed by atoms with Gasteiger partial charge in [0.15, 0.2) is 11.6 Å². The summed E-state index contributed by atoms with van der Waals surface area (Å²) < 4.78 is 5.93. The lowest BCUT2D eigenvalue weighted by Gasteiger charge is -2.35. The van der Waals surface area contributed by atoms with Crippen molar-refractivity contribution >= 4 is 17.6 Å². The molecule has 1 N–H and O–H groups in total. The lowest BCUT2D eigenvalue weighted by atomic mass is 9.92. The molecule has 7 heteroatoms. The van der Waals surface area contributed by atoms with Gasteiger partial charge in [0.1, 0.15) is 6.54 Å². The summed E-state index contributed by atoms with van der Waals surface area (Å²) >= 11 is 0. The molecule has 0 radical (unpaired) electrons. The number of anilines is 1. The second-order valence-electron chi connectivity index (χ2n) is 9.07. The maximum absolute atomic E-state index is 13.2. The molecule has 32 heavy (non-hydrogen) atoms. The number of carbonyl (C=O) groups excluding carboxylic acids is 2. The fraction of sp³-hybridized carbons (Fsp3) is 0.480. The van der Waals surface area contributed by atoms with E-state index in [0.29, 0.717) is 18.1 Å². The second-order valence-corrected chi connectivity index (χ2v) is 9.07. The van der Waals surface area contributed by atoms with Gasteiger partial charge >= 0.3 is 0 Å². The Bertz CT molecular complexity index is 926. The van der Waals surface area contributed by atoms with Crippen molar-refractivity contribution < 1.29 is 14.3 Å². The van der Waals surface area contributed by atoms with Crippen molar-refractivity contribution in [2.75, 3.05) is 37.6 Å². The van der Waals surface area contributed by atoms with Crippen LogP contribution in [0, 0.1) is 11.8 Å². The number of hydrogen-bond donors (Lipinski definition) is 1. The SMILES string of the molecule is C[C@@H]1C[C@@H](C)CN(CCCNC(=O)CN2C(=O)[C@H](c3ccccc3)Oc3cccnc32)C1. The minimum Gasteiger partial charge on any atom is -0.472 e. The average molecular weight is 437 g/mol. The molecule has 1 fully saturated rings. The van der Waals surface area contributed by atoms with Crippen LogP contribution >= 0.6 is 0 Å². The normalized spacial score (nSPS) is 23.4. The van der Waals surface area contributed by atoms with Crippen LogP contribution in [0.5, 0.6) is 5.75 Å². The van der Waals surface area contributed by atoms with Crippen LogP contribution in [0.1, 0.15) is 38.4 Å². The molecule has 2 amide bonds.